The highest BCUT2D eigenvalue weighted by Gasteiger charge is 2.62. The van der Waals surface area contributed by atoms with Crippen molar-refractivity contribution in [2.45, 2.75) is 97.2 Å². The summed E-state index contributed by atoms with van der Waals surface area (Å²) in [5.74, 6) is 2.36. The van der Waals surface area contributed by atoms with Crippen LogP contribution in [0.5, 0.6) is 0 Å². The Bertz CT molecular complexity index is 605. The molecule has 5 unspecified atom stereocenters. The summed E-state index contributed by atoms with van der Waals surface area (Å²) in [6.45, 7) is 7.16. The number of hydrogen-bond donors (Lipinski definition) is 3. The van der Waals surface area contributed by atoms with Gasteiger partial charge < -0.3 is 15.3 Å². The smallest absolute Gasteiger partial charge is 0.303 e. The first-order chi connectivity index (χ1) is 13.2. The van der Waals surface area contributed by atoms with Crippen LogP contribution < -0.4 is 0 Å². The van der Waals surface area contributed by atoms with Gasteiger partial charge in [0.1, 0.15) is 0 Å². The van der Waals surface area contributed by atoms with Crippen molar-refractivity contribution in [2.75, 3.05) is 0 Å². The number of aliphatic hydroxyl groups is 2. The second-order valence-electron chi connectivity index (χ2n) is 11.4. The quantitative estimate of drug-likeness (QED) is 0.659. The first kappa shape index (κ1) is 20.7. The predicted molar refractivity (Wildman–Crippen MR) is 109 cm³/mol. The van der Waals surface area contributed by atoms with Gasteiger partial charge in [0.25, 0.3) is 0 Å². The zero-order valence-corrected chi connectivity index (χ0v) is 17.9. The summed E-state index contributed by atoms with van der Waals surface area (Å²) >= 11 is 0. The van der Waals surface area contributed by atoms with E-state index in [9.17, 15) is 15.0 Å². The number of rotatable bonds is 4. The highest BCUT2D eigenvalue weighted by Crippen LogP contribution is 2.68. The molecule has 0 amide bonds. The minimum atomic E-state index is -0.684. The molecule has 4 rings (SSSR count). The van der Waals surface area contributed by atoms with Crippen molar-refractivity contribution in [3.05, 3.63) is 0 Å². The largest absolute Gasteiger partial charge is 0.481 e. The van der Waals surface area contributed by atoms with E-state index in [-0.39, 0.29) is 29.5 Å². The fraction of sp³-hybridized carbons (Fsp3) is 0.958. The van der Waals surface area contributed by atoms with E-state index in [1.807, 2.05) is 0 Å². The van der Waals surface area contributed by atoms with Crippen molar-refractivity contribution >= 4 is 5.97 Å². The SMILES string of the molecule is C[C@H](CCC(=O)O)[C@H]1CCC2C3C(O)CC4C[C@H](O)CC[C@]4(C)C3CC[C@@]21C. The summed E-state index contributed by atoms with van der Waals surface area (Å²) in [5.41, 5.74) is 0.523. The van der Waals surface area contributed by atoms with Gasteiger partial charge in [-0.15, -0.1) is 0 Å². The molecule has 4 saturated carbocycles. The Hall–Kier alpha value is -0.610. The highest BCUT2D eigenvalue weighted by molar-refractivity contribution is 5.66. The normalized spacial score (nSPS) is 51.7. The molecule has 4 fully saturated rings. The molecule has 0 aromatic heterocycles. The van der Waals surface area contributed by atoms with Gasteiger partial charge in [-0.25, -0.2) is 0 Å². The average Bonchev–Trinajstić information content (AvgIpc) is 2.98. The van der Waals surface area contributed by atoms with Crippen LogP contribution in [0.2, 0.25) is 0 Å². The molecular weight excluding hydrogens is 352 g/mol. The van der Waals surface area contributed by atoms with E-state index in [0.717, 1.165) is 32.1 Å². The molecule has 0 radical (unpaired) electrons. The highest BCUT2D eigenvalue weighted by atomic mass is 16.4. The van der Waals surface area contributed by atoms with Crippen LogP contribution in [0.15, 0.2) is 0 Å². The number of carboxylic acid groups (broad SMARTS) is 1. The molecule has 0 bridgehead atoms. The molecule has 0 aromatic rings. The van der Waals surface area contributed by atoms with E-state index in [1.54, 1.807) is 0 Å². The molecular formula is C24H40O4. The second-order valence-corrected chi connectivity index (χ2v) is 11.4. The molecule has 10 atom stereocenters. The minimum Gasteiger partial charge on any atom is -0.481 e. The zero-order chi connectivity index (χ0) is 20.3. The van der Waals surface area contributed by atoms with Crippen LogP contribution in [0.25, 0.3) is 0 Å². The van der Waals surface area contributed by atoms with E-state index in [1.165, 1.54) is 25.7 Å². The van der Waals surface area contributed by atoms with Crippen LogP contribution in [0.4, 0.5) is 0 Å². The van der Waals surface area contributed by atoms with Gasteiger partial charge in [0, 0.05) is 6.42 Å². The average molecular weight is 393 g/mol. The van der Waals surface area contributed by atoms with Crippen LogP contribution in [-0.2, 0) is 4.79 Å². The van der Waals surface area contributed by atoms with Gasteiger partial charge in [-0.2, -0.15) is 0 Å². The third kappa shape index (κ3) is 3.14. The first-order valence-electron chi connectivity index (χ1n) is 11.7. The molecule has 4 nitrogen and oxygen atoms in total. The minimum absolute atomic E-state index is 0.179. The van der Waals surface area contributed by atoms with Gasteiger partial charge in [0.2, 0.25) is 0 Å². The molecule has 0 aromatic carbocycles. The van der Waals surface area contributed by atoms with Crippen molar-refractivity contribution < 1.29 is 20.1 Å². The first-order valence-corrected chi connectivity index (χ1v) is 11.7. The second kappa shape index (κ2) is 7.27. The van der Waals surface area contributed by atoms with Gasteiger partial charge >= 0.3 is 5.97 Å². The summed E-state index contributed by atoms with van der Waals surface area (Å²) < 4.78 is 0. The van der Waals surface area contributed by atoms with E-state index in [4.69, 9.17) is 5.11 Å². The maximum Gasteiger partial charge on any atom is 0.303 e. The monoisotopic (exact) mass is 392 g/mol. The molecule has 3 N–H and O–H groups in total. The van der Waals surface area contributed by atoms with Crippen molar-refractivity contribution in [3.63, 3.8) is 0 Å². The standard InChI is InChI=1S/C24H40O4/c1-14(4-7-21(27)28)17-5-6-18-22-19(9-11-24(17,18)3)23(2)10-8-16(25)12-15(23)13-20(22)26/h14-20,22,25-26H,4-13H2,1-3H3,(H,27,28)/t14-,15?,16-,17-,18?,19?,20?,22?,23+,24-/m1/s1. The number of aliphatic hydroxyl groups excluding tert-OH is 2. The molecule has 0 spiro atoms. The van der Waals surface area contributed by atoms with Gasteiger partial charge in [-0.05, 0) is 104 Å². The number of aliphatic carboxylic acids is 1. The van der Waals surface area contributed by atoms with Gasteiger partial charge in [0.15, 0.2) is 0 Å². The lowest BCUT2D eigenvalue weighted by Crippen LogP contribution is -2.58. The van der Waals surface area contributed by atoms with Gasteiger partial charge in [0.05, 0.1) is 12.2 Å². The Kier molecular flexibility index (Phi) is 5.36. The Morgan fingerprint density at radius 2 is 1.68 bits per heavy atom. The fourth-order valence-corrected chi connectivity index (χ4v) is 8.73. The van der Waals surface area contributed by atoms with Crippen LogP contribution in [0.1, 0.15) is 85.0 Å². The third-order valence-corrected chi connectivity index (χ3v) is 10.2. The molecule has 0 saturated heterocycles. The van der Waals surface area contributed by atoms with Crippen molar-refractivity contribution in [1.29, 1.82) is 0 Å². The molecule has 160 valence electrons. The van der Waals surface area contributed by atoms with E-state index >= 15 is 0 Å². The Morgan fingerprint density at radius 1 is 1.00 bits per heavy atom. The number of carboxylic acids is 1. The number of carbonyl (C=O) groups is 1. The van der Waals surface area contributed by atoms with Crippen molar-refractivity contribution in [3.8, 4) is 0 Å². The fourth-order valence-electron chi connectivity index (χ4n) is 8.73. The molecule has 28 heavy (non-hydrogen) atoms. The predicted octanol–water partition coefficient (Wildman–Crippen LogP) is 4.48. The summed E-state index contributed by atoms with van der Waals surface area (Å²) in [6, 6.07) is 0. The molecule has 0 heterocycles. The number of fused-ring (bicyclic) bond motifs is 5. The maximum absolute atomic E-state index is 11.2. The van der Waals surface area contributed by atoms with Crippen LogP contribution >= 0.6 is 0 Å². The van der Waals surface area contributed by atoms with Gasteiger partial charge in [-0.1, -0.05) is 20.8 Å². The Morgan fingerprint density at radius 3 is 2.39 bits per heavy atom. The molecule has 4 aliphatic carbocycles. The summed E-state index contributed by atoms with van der Waals surface area (Å²) in [7, 11) is 0. The van der Waals surface area contributed by atoms with E-state index in [0.29, 0.717) is 35.5 Å². The summed E-state index contributed by atoms with van der Waals surface area (Å²) in [6.07, 6.45) is 9.19. The summed E-state index contributed by atoms with van der Waals surface area (Å²) in [4.78, 5) is 11.1. The zero-order valence-electron chi connectivity index (χ0n) is 17.9. The third-order valence-electron chi connectivity index (χ3n) is 10.2. The Labute approximate surface area is 170 Å². The lowest BCUT2D eigenvalue weighted by Gasteiger charge is -2.62. The van der Waals surface area contributed by atoms with Crippen LogP contribution in [0.3, 0.4) is 0 Å². The maximum atomic E-state index is 11.2. The lowest BCUT2D eigenvalue weighted by molar-refractivity contribution is -0.174. The lowest BCUT2D eigenvalue weighted by atomic mass is 9.43. The van der Waals surface area contributed by atoms with E-state index in [2.05, 4.69) is 20.8 Å². The van der Waals surface area contributed by atoms with Crippen LogP contribution in [0, 0.1) is 46.3 Å². The van der Waals surface area contributed by atoms with Crippen LogP contribution in [-0.4, -0.2) is 33.5 Å². The molecule has 0 aliphatic heterocycles. The van der Waals surface area contributed by atoms with Gasteiger partial charge in [-0.3, -0.25) is 4.79 Å². The topological polar surface area (TPSA) is 77.8 Å². The van der Waals surface area contributed by atoms with Crippen molar-refractivity contribution in [2.24, 2.45) is 46.3 Å². The Balaban J connectivity index is 1.55. The van der Waals surface area contributed by atoms with E-state index < -0.39 is 5.97 Å². The molecule has 4 heteroatoms. The number of hydrogen-bond acceptors (Lipinski definition) is 3. The molecule has 4 aliphatic rings. The summed E-state index contributed by atoms with van der Waals surface area (Å²) in [5, 5.41) is 30.5. The van der Waals surface area contributed by atoms with Crippen molar-refractivity contribution in [1.82, 2.24) is 0 Å².